The second-order valence-electron chi connectivity index (χ2n) is 7.85. The Morgan fingerprint density at radius 3 is 2.70 bits per heavy atom. The SMILES string of the molecule is Cc1ccc(-c2csc3nc(SCc4nc5ccc(Cl)cc5c(=O)[nH]4)n(C)c(=O)c23)cc1C. The van der Waals surface area contributed by atoms with Crippen LogP contribution in [-0.2, 0) is 12.8 Å². The van der Waals surface area contributed by atoms with Crippen LogP contribution < -0.4 is 11.1 Å². The highest BCUT2D eigenvalue weighted by Gasteiger charge is 2.16. The van der Waals surface area contributed by atoms with E-state index in [4.69, 9.17) is 16.6 Å². The van der Waals surface area contributed by atoms with E-state index in [0.717, 1.165) is 11.1 Å². The smallest absolute Gasteiger partial charge is 0.263 e. The second-order valence-corrected chi connectivity index (χ2v) is 10.1. The predicted octanol–water partition coefficient (Wildman–Crippen LogP) is 5.46. The zero-order chi connectivity index (χ0) is 23.3. The van der Waals surface area contributed by atoms with Crippen molar-refractivity contribution in [2.24, 2.45) is 7.05 Å². The van der Waals surface area contributed by atoms with Crippen LogP contribution in [0.4, 0.5) is 0 Å². The highest BCUT2D eigenvalue weighted by Crippen LogP contribution is 2.33. The third-order valence-electron chi connectivity index (χ3n) is 5.65. The molecule has 166 valence electrons. The van der Waals surface area contributed by atoms with Crippen LogP contribution in [0.3, 0.4) is 0 Å². The van der Waals surface area contributed by atoms with E-state index in [2.05, 4.69) is 35.9 Å². The Morgan fingerprint density at radius 2 is 1.91 bits per heavy atom. The molecule has 0 atom stereocenters. The molecule has 3 heterocycles. The Bertz CT molecular complexity index is 1670. The highest BCUT2D eigenvalue weighted by atomic mass is 35.5. The van der Waals surface area contributed by atoms with Gasteiger partial charge in [-0.1, -0.05) is 41.6 Å². The van der Waals surface area contributed by atoms with E-state index < -0.39 is 0 Å². The Labute approximate surface area is 202 Å². The van der Waals surface area contributed by atoms with Gasteiger partial charge in [0.2, 0.25) is 0 Å². The number of H-pyrrole nitrogens is 1. The summed E-state index contributed by atoms with van der Waals surface area (Å²) in [5.41, 5.74) is 4.56. The maximum absolute atomic E-state index is 13.3. The number of aromatic amines is 1. The van der Waals surface area contributed by atoms with E-state index in [9.17, 15) is 9.59 Å². The molecule has 9 heteroatoms. The minimum atomic E-state index is -0.244. The fraction of sp³-hybridized carbons (Fsp3) is 0.167. The van der Waals surface area contributed by atoms with Crippen molar-refractivity contribution in [3.8, 4) is 11.1 Å². The van der Waals surface area contributed by atoms with Crippen molar-refractivity contribution in [2.45, 2.75) is 24.8 Å². The van der Waals surface area contributed by atoms with Crippen molar-refractivity contribution >= 4 is 55.8 Å². The monoisotopic (exact) mass is 494 g/mol. The van der Waals surface area contributed by atoms with Crippen molar-refractivity contribution < 1.29 is 0 Å². The zero-order valence-corrected chi connectivity index (χ0v) is 20.5. The highest BCUT2D eigenvalue weighted by molar-refractivity contribution is 7.98. The number of rotatable bonds is 4. The number of aromatic nitrogens is 4. The molecule has 0 fully saturated rings. The summed E-state index contributed by atoms with van der Waals surface area (Å²) in [7, 11) is 1.72. The predicted molar refractivity (Wildman–Crippen MR) is 137 cm³/mol. The molecule has 3 aromatic heterocycles. The summed E-state index contributed by atoms with van der Waals surface area (Å²) in [6.07, 6.45) is 0. The van der Waals surface area contributed by atoms with Crippen LogP contribution in [0.15, 0.2) is 56.5 Å². The summed E-state index contributed by atoms with van der Waals surface area (Å²) in [6.45, 7) is 4.14. The Kier molecular flexibility index (Phi) is 5.60. The fourth-order valence-electron chi connectivity index (χ4n) is 3.66. The van der Waals surface area contributed by atoms with Gasteiger partial charge in [0.1, 0.15) is 10.7 Å². The molecule has 0 bridgehead atoms. The van der Waals surface area contributed by atoms with Gasteiger partial charge < -0.3 is 4.98 Å². The first kappa shape index (κ1) is 21.9. The van der Waals surface area contributed by atoms with Crippen LogP contribution in [0.5, 0.6) is 0 Å². The minimum absolute atomic E-state index is 0.0911. The molecule has 0 saturated heterocycles. The molecule has 0 aliphatic rings. The first-order valence-electron chi connectivity index (χ1n) is 10.2. The topological polar surface area (TPSA) is 80.6 Å². The first-order valence-corrected chi connectivity index (χ1v) is 12.4. The van der Waals surface area contributed by atoms with Gasteiger partial charge in [-0.15, -0.1) is 11.3 Å². The van der Waals surface area contributed by atoms with Crippen LogP contribution in [-0.4, -0.2) is 19.5 Å². The molecule has 2 aromatic carbocycles. The molecule has 0 saturated carbocycles. The lowest BCUT2D eigenvalue weighted by Crippen LogP contribution is -2.20. The maximum Gasteiger partial charge on any atom is 0.263 e. The number of nitrogens with one attached hydrogen (secondary N) is 1. The molecule has 0 amide bonds. The fourth-order valence-corrected chi connectivity index (χ4v) is 5.67. The number of thioether (sulfide) groups is 1. The summed E-state index contributed by atoms with van der Waals surface area (Å²) in [4.78, 5) is 38.4. The minimum Gasteiger partial charge on any atom is -0.309 e. The first-order chi connectivity index (χ1) is 15.8. The normalized spacial score (nSPS) is 11.5. The molecule has 33 heavy (non-hydrogen) atoms. The molecule has 6 nitrogen and oxygen atoms in total. The third-order valence-corrected chi connectivity index (χ3v) is 7.80. The summed E-state index contributed by atoms with van der Waals surface area (Å²) >= 11 is 8.80. The third kappa shape index (κ3) is 3.99. The van der Waals surface area contributed by atoms with Crippen molar-refractivity contribution in [3.05, 3.63) is 84.5 Å². The van der Waals surface area contributed by atoms with Gasteiger partial charge in [-0.2, -0.15) is 0 Å². The van der Waals surface area contributed by atoms with Gasteiger partial charge in [0.25, 0.3) is 11.1 Å². The lowest BCUT2D eigenvalue weighted by Gasteiger charge is -2.09. The average molecular weight is 495 g/mol. The lowest BCUT2D eigenvalue weighted by atomic mass is 10.0. The number of thiophene rings is 1. The molecule has 1 N–H and O–H groups in total. The van der Waals surface area contributed by atoms with Gasteiger partial charge in [-0.3, -0.25) is 14.2 Å². The van der Waals surface area contributed by atoms with E-state index in [1.54, 1.807) is 29.8 Å². The van der Waals surface area contributed by atoms with Crippen molar-refractivity contribution in [1.29, 1.82) is 0 Å². The summed E-state index contributed by atoms with van der Waals surface area (Å²) < 4.78 is 1.56. The Balaban J connectivity index is 1.50. The molecular formula is C24H19ClN4O2S2. The largest absolute Gasteiger partial charge is 0.309 e. The number of aryl methyl sites for hydroxylation is 2. The van der Waals surface area contributed by atoms with Crippen LogP contribution in [0.25, 0.3) is 32.2 Å². The lowest BCUT2D eigenvalue weighted by molar-refractivity contribution is 0.727. The number of halogens is 1. The van der Waals surface area contributed by atoms with E-state index in [0.29, 0.717) is 42.9 Å². The number of fused-ring (bicyclic) bond motifs is 2. The van der Waals surface area contributed by atoms with Gasteiger partial charge >= 0.3 is 0 Å². The Hall–Kier alpha value is -2.94. The van der Waals surface area contributed by atoms with Gasteiger partial charge in [0.05, 0.1) is 22.0 Å². The molecule has 0 aliphatic heterocycles. The average Bonchev–Trinajstić information content (AvgIpc) is 3.21. The van der Waals surface area contributed by atoms with Crippen LogP contribution >= 0.6 is 34.7 Å². The van der Waals surface area contributed by atoms with E-state index in [-0.39, 0.29) is 11.1 Å². The molecule has 0 radical (unpaired) electrons. The van der Waals surface area contributed by atoms with E-state index in [1.165, 1.54) is 34.2 Å². The quantitative estimate of drug-likeness (QED) is 0.265. The molecule has 0 aliphatic carbocycles. The standard InChI is InChI=1S/C24H19ClN4O2S2/c1-12-4-5-14(8-13(12)2)17-10-32-22-20(17)23(31)29(3)24(28-22)33-11-19-26-18-7-6-15(25)9-16(18)21(30)27-19/h4-10H,11H2,1-3H3,(H,26,27,30). The number of hydrogen-bond acceptors (Lipinski definition) is 6. The number of benzene rings is 2. The van der Waals surface area contributed by atoms with Gasteiger partial charge in [0.15, 0.2) is 5.16 Å². The molecule has 0 spiro atoms. The van der Waals surface area contributed by atoms with Crippen LogP contribution in [0, 0.1) is 13.8 Å². The van der Waals surface area contributed by atoms with Gasteiger partial charge in [-0.25, -0.2) is 9.97 Å². The van der Waals surface area contributed by atoms with Gasteiger partial charge in [-0.05, 0) is 48.7 Å². The summed E-state index contributed by atoms with van der Waals surface area (Å²) in [5.74, 6) is 0.880. The number of hydrogen-bond donors (Lipinski definition) is 1. The molecular weight excluding hydrogens is 476 g/mol. The second kappa shape index (κ2) is 8.44. The number of nitrogens with zero attached hydrogens (tertiary/aromatic N) is 3. The van der Waals surface area contributed by atoms with Crippen LogP contribution in [0.2, 0.25) is 5.02 Å². The maximum atomic E-state index is 13.3. The Morgan fingerprint density at radius 1 is 1.09 bits per heavy atom. The zero-order valence-electron chi connectivity index (χ0n) is 18.1. The summed E-state index contributed by atoms with van der Waals surface area (Å²) in [5, 5.41) is 4.12. The van der Waals surface area contributed by atoms with Crippen LogP contribution in [0.1, 0.15) is 17.0 Å². The van der Waals surface area contributed by atoms with E-state index >= 15 is 0 Å². The molecule has 0 unspecified atom stereocenters. The van der Waals surface area contributed by atoms with Crippen molar-refractivity contribution in [3.63, 3.8) is 0 Å². The summed E-state index contributed by atoms with van der Waals surface area (Å²) in [6, 6.07) is 11.2. The van der Waals surface area contributed by atoms with Crippen molar-refractivity contribution in [1.82, 2.24) is 19.5 Å². The van der Waals surface area contributed by atoms with Crippen molar-refractivity contribution in [2.75, 3.05) is 0 Å². The van der Waals surface area contributed by atoms with Gasteiger partial charge in [0, 0.05) is 23.0 Å². The molecule has 5 aromatic rings. The molecule has 5 rings (SSSR count). The van der Waals surface area contributed by atoms with E-state index in [1.807, 2.05) is 11.4 Å².